The van der Waals surface area contributed by atoms with E-state index in [1.165, 1.54) is 11.1 Å². The molecule has 0 heterocycles. The van der Waals surface area contributed by atoms with Crippen molar-refractivity contribution in [2.45, 2.75) is 37.9 Å². The van der Waals surface area contributed by atoms with Gasteiger partial charge in [-0.1, -0.05) is 24.3 Å². The third kappa shape index (κ3) is 11.6. The molecule has 1 aromatic carbocycles. The summed E-state index contributed by atoms with van der Waals surface area (Å²) in [5.41, 5.74) is 2.49. The van der Waals surface area contributed by atoms with Gasteiger partial charge in [-0.25, -0.2) is 0 Å². The number of carbonyl (C=O) groups is 1. The number of hydrogen-bond acceptors (Lipinski definition) is 10. The SMILES string of the molecule is CO[Si](CCCOC(=O)CCNCCNCc1ccccc1CC[Si](OC)(OC)OC)(OC)OC. The molecule has 1 rings (SSSR count). The molecule has 0 unspecified atom stereocenters. The van der Waals surface area contributed by atoms with Gasteiger partial charge in [0.2, 0.25) is 0 Å². The van der Waals surface area contributed by atoms with Crippen molar-refractivity contribution in [1.29, 1.82) is 0 Å². The standard InChI is InChI=1S/C23H44N2O8Si2/c1-27-34(28-2,29-3)18-9-17-33-23(26)12-14-24-15-16-25-20-22-11-8-7-10-21(22)13-19-35(30-4,31-5)32-6/h7-8,10-11,24-25H,9,12-20H2,1-6H3. The van der Waals surface area contributed by atoms with E-state index in [4.69, 9.17) is 31.3 Å². The number of carbonyl (C=O) groups excluding carboxylic acids is 1. The lowest BCUT2D eigenvalue weighted by molar-refractivity contribution is -0.143. The molecule has 0 atom stereocenters. The van der Waals surface area contributed by atoms with E-state index in [2.05, 4.69) is 22.8 Å². The molecule has 0 aliphatic heterocycles. The molecular formula is C23H44N2O8Si2. The van der Waals surface area contributed by atoms with Crippen LogP contribution in [0.4, 0.5) is 0 Å². The Morgan fingerprint density at radius 2 is 1.29 bits per heavy atom. The molecule has 2 N–H and O–H groups in total. The number of hydrogen-bond donors (Lipinski definition) is 2. The third-order valence-electron chi connectivity index (χ3n) is 5.88. The first-order valence-electron chi connectivity index (χ1n) is 11.9. The van der Waals surface area contributed by atoms with Crippen LogP contribution in [0.15, 0.2) is 24.3 Å². The Balaban J connectivity index is 2.21. The summed E-state index contributed by atoms with van der Waals surface area (Å²) in [4.78, 5) is 11.9. The lowest BCUT2D eigenvalue weighted by Gasteiger charge is -2.24. The molecule has 0 saturated carbocycles. The average Bonchev–Trinajstić information content (AvgIpc) is 2.90. The zero-order chi connectivity index (χ0) is 26.0. The fraction of sp³-hybridized carbons (Fsp3) is 0.696. The minimum absolute atomic E-state index is 0.221. The van der Waals surface area contributed by atoms with Gasteiger partial charge >= 0.3 is 23.6 Å². The molecule has 0 spiro atoms. The maximum Gasteiger partial charge on any atom is 0.500 e. The molecule has 0 bridgehead atoms. The van der Waals surface area contributed by atoms with Crippen LogP contribution in [0, 0.1) is 0 Å². The largest absolute Gasteiger partial charge is 0.500 e. The van der Waals surface area contributed by atoms with E-state index in [1.54, 1.807) is 42.7 Å². The fourth-order valence-electron chi connectivity index (χ4n) is 3.64. The second-order valence-corrected chi connectivity index (χ2v) is 14.0. The maximum atomic E-state index is 11.9. The zero-order valence-corrected chi connectivity index (χ0v) is 24.1. The van der Waals surface area contributed by atoms with Gasteiger partial charge in [-0.05, 0) is 24.0 Å². The first-order chi connectivity index (χ1) is 16.9. The highest BCUT2D eigenvalue weighted by atomic mass is 28.4. The van der Waals surface area contributed by atoms with Crippen molar-refractivity contribution in [3.05, 3.63) is 35.4 Å². The summed E-state index contributed by atoms with van der Waals surface area (Å²) >= 11 is 0. The monoisotopic (exact) mass is 532 g/mol. The van der Waals surface area contributed by atoms with Gasteiger partial charge in [-0.3, -0.25) is 4.79 Å². The van der Waals surface area contributed by atoms with Crippen molar-refractivity contribution in [2.24, 2.45) is 0 Å². The highest BCUT2D eigenvalue weighted by Crippen LogP contribution is 2.19. The number of benzene rings is 1. The molecule has 35 heavy (non-hydrogen) atoms. The topological polar surface area (TPSA) is 106 Å². The highest BCUT2D eigenvalue weighted by molar-refractivity contribution is 6.60. The fourth-order valence-corrected chi connectivity index (χ4v) is 7.01. The Labute approximate surface area is 212 Å². The minimum Gasteiger partial charge on any atom is -0.466 e. The smallest absolute Gasteiger partial charge is 0.466 e. The van der Waals surface area contributed by atoms with Crippen LogP contribution in [0.3, 0.4) is 0 Å². The van der Waals surface area contributed by atoms with Gasteiger partial charge in [0.05, 0.1) is 13.0 Å². The lowest BCUT2D eigenvalue weighted by Crippen LogP contribution is -2.43. The zero-order valence-electron chi connectivity index (χ0n) is 22.1. The molecule has 1 aromatic rings. The average molecular weight is 533 g/mol. The van der Waals surface area contributed by atoms with Crippen LogP contribution in [0.2, 0.25) is 12.1 Å². The summed E-state index contributed by atoms with van der Waals surface area (Å²) in [6.45, 7) is 3.20. The summed E-state index contributed by atoms with van der Waals surface area (Å²) in [5.74, 6) is -0.221. The van der Waals surface area contributed by atoms with Crippen LogP contribution >= 0.6 is 0 Å². The summed E-state index contributed by atoms with van der Waals surface area (Å²) in [6, 6.07) is 9.66. The Kier molecular flexibility index (Phi) is 16.5. The van der Waals surface area contributed by atoms with Gasteiger partial charge in [-0.15, -0.1) is 0 Å². The number of esters is 1. The molecule has 10 nitrogen and oxygen atoms in total. The molecule has 0 aromatic heterocycles. The second kappa shape index (κ2) is 18.1. The van der Waals surface area contributed by atoms with Crippen LogP contribution in [-0.4, -0.2) is 92.5 Å². The molecule has 0 radical (unpaired) electrons. The Bertz CT molecular complexity index is 689. The molecular weight excluding hydrogens is 488 g/mol. The molecule has 0 fully saturated rings. The highest BCUT2D eigenvalue weighted by Gasteiger charge is 2.37. The normalized spacial score (nSPS) is 12.2. The maximum absolute atomic E-state index is 11.9. The lowest BCUT2D eigenvalue weighted by atomic mass is 10.1. The van der Waals surface area contributed by atoms with E-state index < -0.39 is 17.6 Å². The molecule has 0 aliphatic carbocycles. The first kappa shape index (κ1) is 31.8. The Morgan fingerprint density at radius 3 is 1.89 bits per heavy atom. The molecule has 202 valence electrons. The van der Waals surface area contributed by atoms with E-state index in [0.717, 1.165) is 32.1 Å². The van der Waals surface area contributed by atoms with Gasteiger partial charge in [-0.2, -0.15) is 0 Å². The van der Waals surface area contributed by atoms with Gasteiger partial charge in [0.1, 0.15) is 0 Å². The number of ether oxygens (including phenoxy) is 1. The van der Waals surface area contributed by atoms with Crippen molar-refractivity contribution in [2.75, 3.05) is 68.9 Å². The summed E-state index contributed by atoms with van der Waals surface area (Å²) < 4.78 is 37.9. The van der Waals surface area contributed by atoms with Gasteiger partial charge < -0.3 is 41.9 Å². The Hall–Kier alpha value is -1.20. The second-order valence-electron chi connectivity index (χ2n) is 7.86. The molecule has 0 saturated heterocycles. The van der Waals surface area contributed by atoms with Gasteiger partial charge in [0.25, 0.3) is 0 Å². The summed E-state index contributed by atoms with van der Waals surface area (Å²) in [5, 5.41) is 6.72. The first-order valence-corrected chi connectivity index (χ1v) is 15.7. The number of rotatable bonds is 21. The number of nitrogens with one attached hydrogen (secondary N) is 2. The van der Waals surface area contributed by atoms with Crippen LogP contribution < -0.4 is 10.6 Å². The van der Waals surface area contributed by atoms with E-state index >= 15 is 0 Å². The quantitative estimate of drug-likeness (QED) is 0.139. The van der Waals surface area contributed by atoms with Gasteiger partial charge in [0.15, 0.2) is 0 Å². The predicted molar refractivity (Wildman–Crippen MR) is 138 cm³/mol. The molecule has 0 amide bonds. The van der Waals surface area contributed by atoms with Crippen molar-refractivity contribution >= 4 is 23.6 Å². The van der Waals surface area contributed by atoms with Crippen molar-refractivity contribution in [3.8, 4) is 0 Å². The van der Waals surface area contributed by atoms with E-state index in [-0.39, 0.29) is 5.97 Å². The van der Waals surface area contributed by atoms with Crippen molar-refractivity contribution in [1.82, 2.24) is 10.6 Å². The number of aryl methyl sites for hydroxylation is 1. The van der Waals surface area contributed by atoms with Gasteiger partial charge in [0, 0.05) is 80.9 Å². The summed E-state index contributed by atoms with van der Waals surface area (Å²) in [6.07, 6.45) is 1.79. The van der Waals surface area contributed by atoms with Crippen molar-refractivity contribution in [3.63, 3.8) is 0 Å². The van der Waals surface area contributed by atoms with Crippen molar-refractivity contribution < 1.29 is 36.1 Å². The van der Waals surface area contributed by atoms with Crippen LogP contribution in [0.5, 0.6) is 0 Å². The third-order valence-corrected chi connectivity index (χ3v) is 11.4. The van der Waals surface area contributed by atoms with E-state index in [9.17, 15) is 4.79 Å². The van der Waals surface area contributed by atoms with Crippen LogP contribution in [0.25, 0.3) is 0 Å². The predicted octanol–water partition coefficient (Wildman–Crippen LogP) is 1.99. The van der Waals surface area contributed by atoms with Crippen LogP contribution in [0.1, 0.15) is 24.0 Å². The van der Waals surface area contributed by atoms with E-state index in [1.807, 2.05) is 12.1 Å². The summed E-state index contributed by atoms with van der Waals surface area (Å²) in [7, 11) is 4.43. The minimum atomic E-state index is -2.61. The van der Waals surface area contributed by atoms with E-state index in [0.29, 0.717) is 32.0 Å². The van der Waals surface area contributed by atoms with Crippen LogP contribution in [-0.2, 0) is 49.1 Å². The Morgan fingerprint density at radius 1 is 0.743 bits per heavy atom. The molecule has 0 aliphatic rings. The molecule has 12 heteroatoms.